The van der Waals surface area contributed by atoms with Crippen LogP contribution < -0.4 is 4.18 Å². The summed E-state index contributed by atoms with van der Waals surface area (Å²) in [5.41, 5.74) is 2.32. The molecule has 23 heavy (non-hydrogen) atoms. The lowest BCUT2D eigenvalue weighted by Crippen LogP contribution is -2.08. The zero-order valence-corrected chi connectivity index (χ0v) is 14.9. The highest BCUT2D eigenvalue weighted by atomic mass is 35.5. The topological polar surface area (TPSA) is 43.4 Å². The second-order valence-corrected chi connectivity index (χ2v) is 7.42. The average Bonchev–Trinajstić information content (AvgIpc) is 2.49. The standard InChI is InChI=1S/C18H19ClO3S/c1-13(2)16-12-17(19)14(3)11-18(16)22-23(20,21)10-9-15-7-5-4-6-8-15/h4-13H,1-3H3. The van der Waals surface area contributed by atoms with Gasteiger partial charge in [-0.05, 0) is 47.7 Å². The van der Waals surface area contributed by atoms with Crippen LogP contribution >= 0.6 is 11.6 Å². The molecule has 0 saturated heterocycles. The normalized spacial score (nSPS) is 12.0. The van der Waals surface area contributed by atoms with Crippen molar-refractivity contribution in [3.63, 3.8) is 0 Å². The summed E-state index contributed by atoms with van der Waals surface area (Å²) in [6.45, 7) is 5.73. The van der Waals surface area contributed by atoms with Crippen LogP contribution in [0.15, 0.2) is 47.9 Å². The smallest absolute Gasteiger partial charge is 0.332 e. The Kier molecular flexibility index (Phi) is 5.50. The van der Waals surface area contributed by atoms with Gasteiger partial charge in [-0.1, -0.05) is 55.8 Å². The van der Waals surface area contributed by atoms with Gasteiger partial charge in [0.2, 0.25) is 0 Å². The monoisotopic (exact) mass is 350 g/mol. The van der Waals surface area contributed by atoms with Gasteiger partial charge >= 0.3 is 10.1 Å². The summed E-state index contributed by atoms with van der Waals surface area (Å²) in [5.74, 6) is 0.413. The Morgan fingerprint density at radius 1 is 1.13 bits per heavy atom. The molecule has 2 aromatic rings. The van der Waals surface area contributed by atoms with Crippen molar-refractivity contribution in [1.29, 1.82) is 0 Å². The zero-order chi connectivity index (χ0) is 17.0. The minimum Gasteiger partial charge on any atom is -0.379 e. The molecule has 2 rings (SSSR count). The maximum atomic E-state index is 12.2. The van der Waals surface area contributed by atoms with Gasteiger partial charge in [-0.2, -0.15) is 8.42 Å². The van der Waals surface area contributed by atoms with Gasteiger partial charge in [0.05, 0.1) is 5.41 Å². The Hall–Kier alpha value is -1.78. The van der Waals surface area contributed by atoms with Crippen LogP contribution in [0.4, 0.5) is 0 Å². The number of benzene rings is 2. The molecule has 0 saturated carbocycles. The van der Waals surface area contributed by atoms with E-state index >= 15 is 0 Å². The molecule has 0 spiro atoms. The predicted octanol–water partition coefficient (Wildman–Crippen LogP) is 5.15. The Bertz CT molecular complexity index is 810. The average molecular weight is 351 g/mol. The number of halogens is 1. The summed E-state index contributed by atoms with van der Waals surface area (Å²) in [4.78, 5) is 0. The summed E-state index contributed by atoms with van der Waals surface area (Å²) in [5, 5.41) is 1.66. The van der Waals surface area contributed by atoms with Gasteiger partial charge < -0.3 is 4.18 Å². The van der Waals surface area contributed by atoms with E-state index in [9.17, 15) is 8.42 Å². The summed E-state index contributed by atoms with van der Waals surface area (Å²) in [6, 6.07) is 12.6. The van der Waals surface area contributed by atoms with Crippen molar-refractivity contribution < 1.29 is 12.6 Å². The van der Waals surface area contributed by atoms with Crippen LogP contribution in [0.2, 0.25) is 5.02 Å². The summed E-state index contributed by atoms with van der Waals surface area (Å²) in [6.07, 6.45) is 1.51. The predicted molar refractivity (Wildman–Crippen MR) is 95.3 cm³/mol. The van der Waals surface area contributed by atoms with Gasteiger partial charge in [-0.25, -0.2) is 0 Å². The molecule has 0 amide bonds. The second-order valence-electron chi connectivity index (χ2n) is 5.58. The van der Waals surface area contributed by atoms with Crippen molar-refractivity contribution in [2.24, 2.45) is 0 Å². The molecule has 0 aliphatic carbocycles. The molecule has 2 aromatic carbocycles. The molecular weight excluding hydrogens is 332 g/mol. The van der Waals surface area contributed by atoms with Gasteiger partial charge in [-0.15, -0.1) is 0 Å². The van der Waals surface area contributed by atoms with Crippen molar-refractivity contribution >= 4 is 27.8 Å². The van der Waals surface area contributed by atoms with Gasteiger partial charge in [0.15, 0.2) is 0 Å². The van der Waals surface area contributed by atoms with Gasteiger partial charge in [0, 0.05) is 5.02 Å². The van der Waals surface area contributed by atoms with E-state index < -0.39 is 10.1 Å². The first-order chi connectivity index (χ1) is 10.8. The molecule has 0 fully saturated rings. The third-order valence-corrected chi connectivity index (χ3v) is 4.63. The molecule has 0 aliphatic heterocycles. The quantitative estimate of drug-likeness (QED) is 0.700. The van der Waals surface area contributed by atoms with Gasteiger partial charge in [0.25, 0.3) is 0 Å². The van der Waals surface area contributed by atoms with Crippen molar-refractivity contribution in [3.05, 3.63) is 69.6 Å². The fourth-order valence-corrected chi connectivity index (χ4v) is 3.02. The Morgan fingerprint density at radius 2 is 1.78 bits per heavy atom. The molecule has 122 valence electrons. The fourth-order valence-electron chi connectivity index (χ4n) is 2.07. The molecule has 0 heterocycles. The first-order valence-corrected chi connectivity index (χ1v) is 9.11. The summed E-state index contributed by atoms with van der Waals surface area (Å²) < 4.78 is 29.7. The summed E-state index contributed by atoms with van der Waals surface area (Å²) >= 11 is 6.12. The molecule has 3 nitrogen and oxygen atoms in total. The van der Waals surface area contributed by atoms with Crippen molar-refractivity contribution in [2.75, 3.05) is 0 Å². The Labute approximate surface area is 142 Å². The zero-order valence-electron chi connectivity index (χ0n) is 13.3. The molecule has 0 N–H and O–H groups in total. The maximum Gasteiger partial charge on any atom is 0.332 e. The van der Waals surface area contributed by atoms with E-state index in [1.54, 1.807) is 12.1 Å². The lowest BCUT2D eigenvalue weighted by molar-refractivity contribution is 0.491. The second kappa shape index (κ2) is 7.20. The fraction of sp³-hybridized carbons (Fsp3) is 0.222. The number of aryl methyl sites for hydroxylation is 1. The van der Waals surface area contributed by atoms with Gasteiger partial charge in [0.1, 0.15) is 5.75 Å². The number of hydrogen-bond acceptors (Lipinski definition) is 3. The minimum atomic E-state index is -3.84. The van der Waals surface area contributed by atoms with Crippen LogP contribution in [-0.2, 0) is 10.1 Å². The molecule has 5 heteroatoms. The molecule has 0 radical (unpaired) electrons. The maximum absolute atomic E-state index is 12.2. The van der Waals surface area contributed by atoms with E-state index in [1.807, 2.05) is 51.1 Å². The van der Waals surface area contributed by atoms with E-state index in [2.05, 4.69) is 0 Å². The Balaban J connectivity index is 2.30. The lowest BCUT2D eigenvalue weighted by Gasteiger charge is -2.14. The van der Waals surface area contributed by atoms with Crippen molar-refractivity contribution in [1.82, 2.24) is 0 Å². The van der Waals surface area contributed by atoms with Crippen LogP contribution in [-0.4, -0.2) is 8.42 Å². The van der Waals surface area contributed by atoms with Crippen molar-refractivity contribution in [2.45, 2.75) is 26.7 Å². The van der Waals surface area contributed by atoms with Crippen LogP contribution in [0.3, 0.4) is 0 Å². The highest BCUT2D eigenvalue weighted by Crippen LogP contribution is 2.33. The van der Waals surface area contributed by atoms with Crippen LogP contribution in [0.1, 0.15) is 36.5 Å². The molecule has 0 bridgehead atoms. The lowest BCUT2D eigenvalue weighted by atomic mass is 10.0. The molecule has 0 atom stereocenters. The SMILES string of the molecule is Cc1cc(OS(=O)(=O)C=Cc2ccccc2)c(C(C)C)cc1Cl. The van der Waals surface area contributed by atoms with E-state index in [0.29, 0.717) is 10.8 Å². The minimum absolute atomic E-state index is 0.0939. The van der Waals surface area contributed by atoms with E-state index in [0.717, 1.165) is 22.1 Å². The van der Waals surface area contributed by atoms with Crippen LogP contribution in [0.25, 0.3) is 6.08 Å². The third-order valence-electron chi connectivity index (χ3n) is 3.35. The molecule has 0 aliphatic rings. The molecule has 0 aromatic heterocycles. The first kappa shape index (κ1) is 17.6. The van der Waals surface area contributed by atoms with E-state index in [1.165, 1.54) is 6.08 Å². The molecular formula is C18H19ClO3S. The number of rotatable bonds is 5. The van der Waals surface area contributed by atoms with Crippen molar-refractivity contribution in [3.8, 4) is 5.75 Å². The Morgan fingerprint density at radius 3 is 2.39 bits per heavy atom. The summed E-state index contributed by atoms with van der Waals surface area (Å²) in [7, 11) is -3.84. The van der Waals surface area contributed by atoms with Crippen LogP contribution in [0.5, 0.6) is 5.75 Å². The largest absolute Gasteiger partial charge is 0.379 e. The van der Waals surface area contributed by atoms with E-state index in [-0.39, 0.29) is 5.92 Å². The highest BCUT2D eigenvalue weighted by molar-refractivity contribution is 7.90. The van der Waals surface area contributed by atoms with E-state index in [4.69, 9.17) is 15.8 Å². The van der Waals surface area contributed by atoms with Crippen LogP contribution in [0, 0.1) is 6.92 Å². The van der Waals surface area contributed by atoms with Gasteiger partial charge in [-0.3, -0.25) is 0 Å². The first-order valence-electron chi connectivity index (χ1n) is 7.26. The highest BCUT2D eigenvalue weighted by Gasteiger charge is 2.16. The number of hydrogen-bond donors (Lipinski definition) is 0. The molecule has 0 unspecified atom stereocenters. The third kappa shape index (κ3) is 4.85.